The number of fused-ring (bicyclic) bond motifs is 5. The molecule has 0 aromatic heterocycles. The minimum Gasteiger partial charge on any atom is -0.299 e. The van der Waals surface area contributed by atoms with Gasteiger partial charge in [0.25, 0.3) is 0 Å². The van der Waals surface area contributed by atoms with Crippen LogP contribution in [0.4, 0.5) is 0 Å². The van der Waals surface area contributed by atoms with E-state index in [-0.39, 0.29) is 5.41 Å². The Morgan fingerprint density at radius 3 is 2.45 bits per heavy atom. The van der Waals surface area contributed by atoms with Crippen molar-refractivity contribution in [3.63, 3.8) is 0 Å². The summed E-state index contributed by atoms with van der Waals surface area (Å²) in [5.74, 6) is 4.73. The Hall–Kier alpha value is -1.11. The molecule has 1 nitrogen and oxygen atoms in total. The summed E-state index contributed by atoms with van der Waals surface area (Å²) < 4.78 is 0. The zero-order valence-electron chi connectivity index (χ0n) is 19.6. The quantitative estimate of drug-likeness (QED) is 0.450. The molecule has 1 heteroatoms. The maximum atomic E-state index is 12.1. The Balaban J connectivity index is 1.57. The Kier molecular flexibility index (Phi) is 5.50. The Labute approximate surface area is 179 Å². The van der Waals surface area contributed by atoms with E-state index in [1.165, 1.54) is 31.3 Å². The van der Waals surface area contributed by atoms with Gasteiger partial charge >= 0.3 is 0 Å². The van der Waals surface area contributed by atoms with Gasteiger partial charge in [-0.1, -0.05) is 77.0 Å². The van der Waals surface area contributed by atoms with Gasteiger partial charge in [-0.15, -0.1) is 0 Å². The van der Waals surface area contributed by atoms with Crippen LogP contribution in [0.3, 0.4) is 0 Å². The number of allylic oxidation sites excluding steroid dienone is 6. The van der Waals surface area contributed by atoms with Crippen molar-refractivity contribution in [1.82, 2.24) is 0 Å². The first-order valence-electron chi connectivity index (χ1n) is 12.3. The molecule has 0 aromatic carbocycles. The molecule has 4 rings (SSSR count). The van der Waals surface area contributed by atoms with Crippen molar-refractivity contribution in [2.75, 3.05) is 0 Å². The van der Waals surface area contributed by atoms with Gasteiger partial charge in [0.2, 0.25) is 0 Å². The van der Waals surface area contributed by atoms with Crippen molar-refractivity contribution in [3.05, 3.63) is 35.5 Å². The summed E-state index contributed by atoms with van der Waals surface area (Å²) in [6.07, 6.45) is 17.8. The largest absolute Gasteiger partial charge is 0.299 e. The van der Waals surface area contributed by atoms with Crippen molar-refractivity contribution >= 4 is 5.78 Å². The van der Waals surface area contributed by atoms with Crippen LogP contribution < -0.4 is 0 Å². The molecule has 4 aliphatic carbocycles. The minimum atomic E-state index is 0.246. The highest BCUT2D eigenvalue weighted by atomic mass is 16.1. The third-order valence-electron chi connectivity index (χ3n) is 9.88. The summed E-state index contributed by atoms with van der Waals surface area (Å²) in [6.45, 7) is 14.5. The normalized spacial score (nSPS) is 41.5. The number of hydrogen-bond acceptors (Lipinski definition) is 1. The van der Waals surface area contributed by atoms with Crippen molar-refractivity contribution in [2.45, 2.75) is 86.5 Å². The maximum Gasteiger partial charge on any atom is 0.136 e. The zero-order valence-corrected chi connectivity index (χ0v) is 19.6. The molecule has 0 amide bonds. The second kappa shape index (κ2) is 7.54. The fourth-order valence-corrected chi connectivity index (χ4v) is 7.43. The van der Waals surface area contributed by atoms with Crippen LogP contribution >= 0.6 is 0 Å². The average Bonchev–Trinajstić information content (AvgIpc) is 3.03. The first-order valence-corrected chi connectivity index (χ1v) is 12.3. The zero-order chi connectivity index (χ0) is 21.0. The second-order valence-electron chi connectivity index (χ2n) is 11.7. The van der Waals surface area contributed by atoms with Gasteiger partial charge < -0.3 is 0 Å². The SMILES string of the molecule is CC(C)[C@H](C)/C=C/[C@H](C)[C@@H]1CC[C@@H]2C3=CC=C4CC(=O)CC[C@]4(C)[C@@H]3CC[C@]21C. The van der Waals surface area contributed by atoms with Crippen LogP contribution in [0.2, 0.25) is 0 Å². The van der Waals surface area contributed by atoms with Gasteiger partial charge in [0.15, 0.2) is 0 Å². The van der Waals surface area contributed by atoms with Crippen molar-refractivity contribution < 1.29 is 4.79 Å². The molecule has 0 radical (unpaired) electrons. The van der Waals surface area contributed by atoms with Crippen LogP contribution in [0.1, 0.15) is 86.5 Å². The van der Waals surface area contributed by atoms with Crippen LogP contribution in [0.5, 0.6) is 0 Å². The fraction of sp³-hybridized carbons (Fsp3) is 0.750. The number of ketones is 1. The molecule has 4 aliphatic rings. The molecule has 0 heterocycles. The third-order valence-corrected chi connectivity index (χ3v) is 9.88. The summed E-state index contributed by atoms with van der Waals surface area (Å²) in [5.41, 5.74) is 3.86. The molecule has 0 saturated heterocycles. The van der Waals surface area contributed by atoms with Gasteiger partial charge in [-0.25, -0.2) is 0 Å². The molecule has 0 aliphatic heterocycles. The van der Waals surface area contributed by atoms with Crippen LogP contribution in [0.15, 0.2) is 35.5 Å². The topological polar surface area (TPSA) is 17.1 Å². The lowest BCUT2D eigenvalue weighted by Crippen LogP contribution is -2.46. The van der Waals surface area contributed by atoms with Gasteiger partial charge in [0, 0.05) is 12.8 Å². The Morgan fingerprint density at radius 1 is 0.966 bits per heavy atom. The van der Waals surface area contributed by atoms with Crippen molar-refractivity contribution in [2.24, 2.45) is 46.3 Å². The van der Waals surface area contributed by atoms with Crippen LogP contribution in [-0.4, -0.2) is 5.78 Å². The highest BCUT2D eigenvalue weighted by Gasteiger charge is 2.56. The third kappa shape index (κ3) is 3.41. The molecule has 0 spiro atoms. The number of carbonyl (C=O) groups excluding carboxylic acids is 1. The van der Waals surface area contributed by atoms with E-state index in [9.17, 15) is 4.79 Å². The molecule has 3 saturated carbocycles. The van der Waals surface area contributed by atoms with E-state index in [0.29, 0.717) is 35.4 Å². The molecule has 3 fully saturated rings. The van der Waals surface area contributed by atoms with Gasteiger partial charge in [0.1, 0.15) is 5.78 Å². The van der Waals surface area contributed by atoms with Gasteiger partial charge in [0.05, 0.1) is 0 Å². The fourth-order valence-electron chi connectivity index (χ4n) is 7.43. The first-order chi connectivity index (χ1) is 13.7. The summed E-state index contributed by atoms with van der Waals surface area (Å²) in [6, 6.07) is 0. The molecular weight excluding hydrogens is 352 g/mol. The Morgan fingerprint density at radius 2 is 1.72 bits per heavy atom. The molecular formula is C28H42O. The number of hydrogen-bond donors (Lipinski definition) is 0. The van der Waals surface area contributed by atoms with Gasteiger partial charge in [-0.2, -0.15) is 0 Å². The Bertz CT molecular complexity index is 752. The summed E-state index contributed by atoms with van der Waals surface area (Å²) in [4.78, 5) is 12.1. The number of rotatable bonds is 4. The van der Waals surface area contributed by atoms with Crippen molar-refractivity contribution in [3.8, 4) is 0 Å². The predicted molar refractivity (Wildman–Crippen MR) is 122 cm³/mol. The van der Waals surface area contributed by atoms with E-state index in [4.69, 9.17) is 0 Å². The average molecular weight is 395 g/mol. The summed E-state index contributed by atoms with van der Waals surface area (Å²) >= 11 is 0. The van der Waals surface area contributed by atoms with E-state index in [1.807, 2.05) is 0 Å². The lowest BCUT2D eigenvalue weighted by atomic mass is 9.50. The standard InChI is InChI=1S/C28H42O/c1-18(2)19(3)7-8-20(4)24-11-12-25-23-10-9-21-17-22(29)13-15-27(21,5)26(23)14-16-28(24,25)6/h7-10,18-20,24-26H,11-17H2,1-6H3/b8-7+/t19-,20+,24+,25-,26-,27+,28+/m1/s1. The van der Waals surface area contributed by atoms with E-state index in [0.717, 1.165) is 30.6 Å². The summed E-state index contributed by atoms with van der Waals surface area (Å²) in [5, 5.41) is 0. The van der Waals surface area contributed by atoms with E-state index >= 15 is 0 Å². The van der Waals surface area contributed by atoms with E-state index < -0.39 is 0 Å². The van der Waals surface area contributed by atoms with Gasteiger partial charge in [-0.05, 0) is 78.4 Å². The van der Waals surface area contributed by atoms with Crippen molar-refractivity contribution in [1.29, 1.82) is 0 Å². The predicted octanol–water partition coefficient (Wildman–Crippen LogP) is 7.54. The van der Waals surface area contributed by atoms with Crippen LogP contribution in [0.25, 0.3) is 0 Å². The van der Waals surface area contributed by atoms with Gasteiger partial charge in [-0.3, -0.25) is 4.79 Å². The number of carbonyl (C=O) groups is 1. The lowest BCUT2D eigenvalue weighted by molar-refractivity contribution is -0.120. The highest BCUT2D eigenvalue weighted by molar-refractivity contribution is 5.83. The molecule has 0 N–H and O–H groups in total. The molecule has 7 atom stereocenters. The lowest BCUT2D eigenvalue weighted by Gasteiger charge is -2.54. The van der Waals surface area contributed by atoms with E-state index in [1.54, 1.807) is 5.57 Å². The highest BCUT2D eigenvalue weighted by Crippen LogP contribution is 2.65. The minimum absolute atomic E-state index is 0.246. The molecule has 0 unspecified atom stereocenters. The molecule has 160 valence electrons. The molecule has 29 heavy (non-hydrogen) atoms. The summed E-state index contributed by atoms with van der Waals surface area (Å²) in [7, 11) is 0. The van der Waals surface area contributed by atoms with E-state index in [2.05, 4.69) is 65.8 Å². The number of Topliss-reactive ketones (excluding diaryl/α,β-unsaturated/α-hetero) is 1. The molecule has 0 aromatic rings. The maximum absolute atomic E-state index is 12.1. The second-order valence-corrected chi connectivity index (χ2v) is 11.7. The monoisotopic (exact) mass is 394 g/mol. The molecule has 0 bridgehead atoms. The van der Waals surface area contributed by atoms with Crippen LogP contribution in [-0.2, 0) is 4.79 Å². The van der Waals surface area contributed by atoms with Crippen LogP contribution in [0, 0.1) is 46.3 Å². The first kappa shape index (κ1) is 21.1. The smallest absolute Gasteiger partial charge is 0.136 e.